The lowest BCUT2D eigenvalue weighted by Gasteiger charge is -2.03. The molecular weight excluding hydrogens is 300 g/mol. The zero-order valence-electron chi connectivity index (χ0n) is 13.8. The van der Waals surface area contributed by atoms with Gasteiger partial charge in [-0.05, 0) is 42.2 Å². The van der Waals surface area contributed by atoms with Gasteiger partial charge in [-0.25, -0.2) is 4.57 Å². The number of rotatable bonds is 5. The van der Waals surface area contributed by atoms with E-state index in [4.69, 9.17) is 4.74 Å². The zero-order valence-corrected chi connectivity index (χ0v) is 13.8. The number of hydrogen-bond acceptors (Lipinski definition) is 3. The maximum absolute atomic E-state index is 12.3. The summed E-state index contributed by atoms with van der Waals surface area (Å²) in [5.74, 6) is 0.774. The molecule has 0 N–H and O–H groups in total. The monoisotopic (exact) mass is 319 g/mol. The van der Waals surface area contributed by atoms with E-state index in [1.807, 2.05) is 24.4 Å². The Bertz CT molecular complexity index is 840. The van der Waals surface area contributed by atoms with E-state index in [2.05, 4.69) is 24.0 Å². The van der Waals surface area contributed by atoms with Gasteiger partial charge in [0.15, 0.2) is 12.2 Å². The maximum Gasteiger partial charge on any atom is 0.287 e. The number of benzene rings is 2. The summed E-state index contributed by atoms with van der Waals surface area (Å²) in [5, 5.41) is 0. The van der Waals surface area contributed by atoms with Crippen molar-refractivity contribution in [3.05, 3.63) is 78.2 Å². The van der Waals surface area contributed by atoms with Gasteiger partial charge in [-0.1, -0.05) is 23.8 Å². The second-order valence-electron chi connectivity index (χ2n) is 5.64. The largest absolute Gasteiger partial charge is 0.497 e. The molecule has 24 heavy (non-hydrogen) atoms. The molecule has 0 saturated heterocycles. The van der Waals surface area contributed by atoms with Crippen LogP contribution in [0.3, 0.4) is 0 Å². The number of ether oxygens (including phenoxy) is 1. The lowest BCUT2D eigenvalue weighted by atomic mass is 10.1. The van der Waals surface area contributed by atoms with Crippen LogP contribution in [-0.2, 0) is 6.54 Å². The molecule has 1 heterocycles. The quantitative estimate of drug-likeness (QED) is 0.535. The minimum atomic E-state index is 0.0350. The summed E-state index contributed by atoms with van der Waals surface area (Å²) in [4.78, 5) is 16.8. The third-order valence-corrected chi connectivity index (χ3v) is 3.82. The number of ketones is 1. The standard InChI is InChI=1S/C20H19N2O2/c1-15-4-3-5-17(12-15)19-10-11-22(14-21-19)13-20(23)16-6-8-18(24-2)9-7-16/h3-12,14H,13H2,1-2H3/q+1. The third kappa shape index (κ3) is 3.66. The number of carbonyl (C=O) groups is 1. The summed E-state index contributed by atoms with van der Waals surface area (Å²) >= 11 is 0. The Morgan fingerprint density at radius 2 is 1.92 bits per heavy atom. The van der Waals surface area contributed by atoms with Crippen molar-refractivity contribution >= 4 is 5.78 Å². The van der Waals surface area contributed by atoms with Crippen LogP contribution in [0.15, 0.2) is 67.1 Å². The van der Waals surface area contributed by atoms with Gasteiger partial charge in [0.25, 0.3) is 6.33 Å². The first kappa shape index (κ1) is 15.9. The summed E-state index contributed by atoms with van der Waals surface area (Å²) in [6.07, 6.45) is 3.57. The molecule has 0 aliphatic heterocycles. The van der Waals surface area contributed by atoms with Crippen LogP contribution in [-0.4, -0.2) is 17.9 Å². The first-order valence-corrected chi connectivity index (χ1v) is 7.75. The molecule has 0 amide bonds. The molecule has 2 aromatic carbocycles. The van der Waals surface area contributed by atoms with E-state index in [-0.39, 0.29) is 12.3 Å². The molecule has 3 rings (SSSR count). The topological polar surface area (TPSA) is 43.1 Å². The molecule has 0 atom stereocenters. The summed E-state index contributed by atoms with van der Waals surface area (Å²) < 4.78 is 6.89. The number of aryl methyl sites for hydroxylation is 1. The van der Waals surface area contributed by atoms with E-state index in [1.54, 1.807) is 42.3 Å². The van der Waals surface area contributed by atoms with Crippen LogP contribution >= 0.6 is 0 Å². The number of methoxy groups -OCH3 is 1. The Morgan fingerprint density at radius 1 is 1.12 bits per heavy atom. The average Bonchev–Trinajstić information content (AvgIpc) is 2.62. The van der Waals surface area contributed by atoms with E-state index in [0.717, 1.165) is 17.0 Å². The number of Topliss-reactive ketones (excluding diaryl/α,β-unsaturated/α-hetero) is 1. The highest BCUT2D eigenvalue weighted by atomic mass is 16.5. The van der Waals surface area contributed by atoms with E-state index >= 15 is 0 Å². The van der Waals surface area contributed by atoms with Crippen molar-refractivity contribution in [1.29, 1.82) is 0 Å². The minimum absolute atomic E-state index is 0.0350. The van der Waals surface area contributed by atoms with Crippen LogP contribution in [0.5, 0.6) is 5.75 Å². The smallest absolute Gasteiger partial charge is 0.287 e. The van der Waals surface area contributed by atoms with Crippen LogP contribution in [0.2, 0.25) is 0 Å². The third-order valence-electron chi connectivity index (χ3n) is 3.82. The second kappa shape index (κ2) is 7.04. The Labute approximate surface area is 141 Å². The van der Waals surface area contributed by atoms with Gasteiger partial charge in [0, 0.05) is 17.2 Å². The normalized spacial score (nSPS) is 10.4. The van der Waals surface area contributed by atoms with Gasteiger partial charge in [0.2, 0.25) is 5.78 Å². The van der Waals surface area contributed by atoms with Gasteiger partial charge in [0.1, 0.15) is 5.75 Å². The predicted molar refractivity (Wildman–Crippen MR) is 91.9 cm³/mol. The molecule has 0 bridgehead atoms. The van der Waals surface area contributed by atoms with E-state index in [0.29, 0.717) is 5.56 Å². The average molecular weight is 319 g/mol. The van der Waals surface area contributed by atoms with Crippen molar-refractivity contribution in [1.82, 2.24) is 4.98 Å². The van der Waals surface area contributed by atoms with Gasteiger partial charge >= 0.3 is 0 Å². The SMILES string of the molecule is COc1ccc(C(=O)C[n+]2ccc(-c3cccc(C)c3)nc2)cc1. The summed E-state index contributed by atoms with van der Waals surface area (Å²) in [6, 6.07) is 17.2. The van der Waals surface area contributed by atoms with Gasteiger partial charge in [-0.15, -0.1) is 0 Å². The molecule has 0 aliphatic carbocycles. The van der Waals surface area contributed by atoms with Crippen molar-refractivity contribution in [2.24, 2.45) is 0 Å². The molecule has 0 aliphatic rings. The molecule has 4 heteroatoms. The fourth-order valence-electron chi connectivity index (χ4n) is 2.49. The molecule has 120 valence electrons. The van der Waals surface area contributed by atoms with Crippen LogP contribution in [0.4, 0.5) is 0 Å². The number of nitrogens with zero attached hydrogens (tertiary/aromatic N) is 2. The summed E-state index contributed by atoms with van der Waals surface area (Å²) in [5.41, 5.74) is 3.82. The molecule has 1 aromatic heterocycles. The lowest BCUT2D eigenvalue weighted by Crippen LogP contribution is -2.37. The highest BCUT2D eigenvalue weighted by molar-refractivity contribution is 5.95. The van der Waals surface area contributed by atoms with E-state index in [1.165, 1.54) is 5.56 Å². The van der Waals surface area contributed by atoms with Crippen molar-refractivity contribution in [2.45, 2.75) is 13.5 Å². The number of carbonyl (C=O) groups excluding carboxylic acids is 1. The lowest BCUT2D eigenvalue weighted by molar-refractivity contribution is -0.686. The van der Waals surface area contributed by atoms with E-state index in [9.17, 15) is 4.79 Å². The summed E-state index contributed by atoms with van der Waals surface area (Å²) in [6.45, 7) is 2.31. The Balaban J connectivity index is 1.72. The van der Waals surface area contributed by atoms with Gasteiger partial charge in [-0.3, -0.25) is 4.79 Å². The molecule has 0 spiro atoms. The van der Waals surface area contributed by atoms with Crippen LogP contribution in [0.25, 0.3) is 11.3 Å². The van der Waals surface area contributed by atoms with Gasteiger partial charge in [-0.2, -0.15) is 0 Å². The Kier molecular flexibility index (Phi) is 4.66. The Hall–Kier alpha value is -3.01. The van der Waals surface area contributed by atoms with Crippen molar-refractivity contribution in [3.63, 3.8) is 0 Å². The van der Waals surface area contributed by atoms with E-state index < -0.39 is 0 Å². The first-order chi connectivity index (χ1) is 11.7. The first-order valence-electron chi connectivity index (χ1n) is 7.75. The second-order valence-corrected chi connectivity index (χ2v) is 5.64. The molecule has 0 fully saturated rings. The summed E-state index contributed by atoms with van der Waals surface area (Å²) in [7, 11) is 1.61. The van der Waals surface area contributed by atoms with Crippen molar-refractivity contribution < 1.29 is 14.1 Å². The highest BCUT2D eigenvalue weighted by Crippen LogP contribution is 2.16. The van der Waals surface area contributed by atoms with Gasteiger partial charge in [0.05, 0.1) is 13.3 Å². The molecule has 3 aromatic rings. The number of hydrogen-bond donors (Lipinski definition) is 0. The van der Waals surface area contributed by atoms with Crippen molar-refractivity contribution in [3.8, 4) is 17.0 Å². The maximum atomic E-state index is 12.3. The predicted octanol–water partition coefficient (Wildman–Crippen LogP) is 3.24. The fourth-order valence-corrected chi connectivity index (χ4v) is 2.49. The highest BCUT2D eigenvalue weighted by Gasteiger charge is 2.12. The zero-order chi connectivity index (χ0) is 16.9. The molecule has 0 radical (unpaired) electrons. The fraction of sp³-hybridized carbons (Fsp3) is 0.150. The Morgan fingerprint density at radius 3 is 2.54 bits per heavy atom. The van der Waals surface area contributed by atoms with Crippen molar-refractivity contribution in [2.75, 3.05) is 7.11 Å². The minimum Gasteiger partial charge on any atom is -0.497 e. The molecular formula is C20H19N2O2+. The molecule has 4 nitrogen and oxygen atoms in total. The van der Waals surface area contributed by atoms with Crippen LogP contribution < -0.4 is 9.30 Å². The molecule has 0 unspecified atom stereocenters. The van der Waals surface area contributed by atoms with Crippen LogP contribution in [0, 0.1) is 6.92 Å². The van der Waals surface area contributed by atoms with Gasteiger partial charge < -0.3 is 4.74 Å². The molecule has 0 saturated carbocycles. The van der Waals surface area contributed by atoms with Crippen LogP contribution in [0.1, 0.15) is 15.9 Å². The number of aromatic nitrogens is 2.